The van der Waals surface area contributed by atoms with E-state index in [4.69, 9.17) is 0 Å². The first-order valence-corrected chi connectivity index (χ1v) is 7.69. The van der Waals surface area contributed by atoms with Gasteiger partial charge in [0.15, 0.2) is 0 Å². The molecule has 0 amide bonds. The summed E-state index contributed by atoms with van der Waals surface area (Å²) >= 11 is 0. The van der Waals surface area contributed by atoms with E-state index in [0.717, 1.165) is 11.1 Å². The van der Waals surface area contributed by atoms with Crippen molar-refractivity contribution in [1.82, 2.24) is 4.90 Å². The van der Waals surface area contributed by atoms with Crippen LogP contribution in [0.5, 0.6) is 0 Å². The Kier molecular flexibility index (Phi) is 6.06. The highest BCUT2D eigenvalue weighted by Crippen LogP contribution is 2.28. The zero-order valence-electron chi connectivity index (χ0n) is 13.2. The van der Waals surface area contributed by atoms with E-state index in [1.165, 1.54) is 0 Å². The topological polar surface area (TPSA) is 57.6 Å². The average molecular weight is 311 g/mol. The molecule has 2 aromatic carbocycles. The van der Waals surface area contributed by atoms with E-state index in [2.05, 4.69) is 0 Å². The number of hydrogen-bond acceptors (Lipinski definition) is 3. The summed E-state index contributed by atoms with van der Waals surface area (Å²) in [5.74, 6) is -0.908. The zero-order chi connectivity index (χ0) is 16.7. The van der Waals surface area contributed by atoms with Gasteiger partial charge in [-0.25, -0.2) is 0 Å². The van der Waals surface area contributed by atoms with Crippen LogP contribution in [-0.2, 0) is 9.59 Å². The Morgan fingerprint density at radius 1 is 0.913 bits per heavy atom. The second-order valence-electron chi connectivity index (χ2n) is 5.41. The molecule has 120 valence electrons. The first-order chi connectivity index (χ1) is 11.1. The zero-order valence-corrected chi connectivity index (χ0v) is 13.2. The number of benzene rings is 2. The van der Waals surface area contributed by atoms with Gasteiger partial charge in [0.2, 0.25) is 0 Å². The fourth-order valence-electron chi connectivity index (χ4n) is 2.64. The average Bonchev–Trinajstić information content (AvgIpc) is 2.56. The third-order valence-corrected chi connectivity index (χ3v) is 3.71. The molecular weight excluding hydrogens is 290 g/mol. The lowest BCUT2D eigenvalue weighted by molar-refractivity contribution is -0.139. The van der Waals surface area contributed by atoms with Gasteiger partial charge in [0.25, 0.3) is 0 Å². The molecule has 0 aliphatic carbocycles. The maximum Gasteiger partial charge on any atom is 0.317 e. The van der Waals surface area contributed by atoms with Gasteiger partial charge in [-0.2, -0.15) is 0 Å². The Hall–Kier alpha value is -2.46. The van der Waals surface area contributed by atoms with Crippen molar-refractivity contribution in [2.75, 3.05) is 13.1 Å². The van der Waals surface area contributed by atoms with Crippen molar-refractivity contribution in [3.8, 4) is 0 Å². The van der Waals surface area contributed by atoms with Gasteiger partial charge < -0.3 is 5.11 Å². The van der Waals surface area contributed by atoms with E-state index in [1.807, 2.05) is 60.7 Å². The Bertz CT molecular complexity index is 601. The molecule has 0 heterocycles. The number of rotatable bonds is 8. The van der Waals surface area contributed by atoms with Crippen molar-refractivity contribution in [3.05, 3.63) is 71.8 Å². The fraction of sp³-hybridized carbons (Fsp3) is 0.263. The lowest BCUT2D eigenvalue weighted by atomic mass is 9.96. The SMILES string of the molecule is CCC(=O)CN(CC(=O)O)C(c1ccccc1)c1ccccc1. The number of carboxylic acid groups (broad SMARTS) is 1. The van der Waals surface area contributed by atoms with Crippen molar-refractivity contribution < 1.29 is 14.7 Å². The summed E-state index contributed by atoms with van der Waals surface area (Å²) in [5.41, 5.74) is 1.95. The number of carbonyl (C=O) groups is 2. The van der Waals surface area contributed by atoms with Crippen LogP contribution in [0.2, 0.25) is 0 Å². The molecule has 4 nitrogen and oxygen atoms in total. The van der Waals surface area contributed by atoms with Crippen molar-refractivity contribution in [2.24, 2.45) is 0 Å². The van der Waals surface area contributed by atoms with Gasteiger partial charge in [-0.1, -0.05) is 67.6 Å². The second kappa shape index (κ2) is 8.25. The number of ketones is 1. The summed E-state index contributed by atoms with van der Waals surface area (Å²) in [7, 11) is 0. The minimum Gasteiger partial charge on any atom is -0.480 e. The Morgan fingerprint density at radius 2 is 1.39 bits per heavy atom. The van der Waals surface area contributed by atoms with E-state index in [-0.39, 0.29) is 24.9 Å². The summed E-state index contributed by atoms with van der Waals surface area (Å²) < 4.78 is 0. The number of aliphatic carboxylic acids is 1. The van der Waals surface area contributed by atoms with Gasteiger partial charge in [0.1, 0.15) is 5.78 Å². The third-order valence-electron chi connectivity index (χ3n) is 3.71. The first-order valence-electron chi connectivity index (χ1n) is 7.69. The molecule has 0 aromatic heterocycles. The molecule has 4 heteroatoms. The van der Waals surface area contributed by atoms with Crippen LogP contribution in [0, 0.1) is 0 Å². The molecule has 0 bridgehead atoms. The van der Waals surface area contributed by atoms with Crippen molar-refractivity contribution in [2.45, 2.75) is 19.4 Å². The maximum absolute atomic E-state index is 11.9. The molecule has 0 unspecified atom stereocenters. The molecule has 2 aromatic rings. The van der Waals surface area contributed by atoms with Crippen LogP contribution in [-0.4, -0.2) is 34.8 Å². The highest BCUT2D eigenvalue weighted by atomic mass is 16.4. The number of hydrogen-bond donors (Lipinski definition) is 1. The molecule has 23 heavy (non-hydrogen) atoms. The lowest BCUT2D eigenvalue weighted by Gasteiger charge is -2.30. The largest absolute Gasteiger partial charge is 0.480 e. The number of Topliss-reactive ketones (excluding diaryl/α,β-unsaturated/α-hetero) is 1. The van der Waals surface area contributed by atoms with E-state index in [9.17, 15) is 14.7 Å². The summed E-state index contributed by atoms with van der Waals surface area (Å²) in [6.45, 7) is 1.73. The molecule has 0 atom stereocenters. The van der Waals surface area contributed by atoms with Gasteiger partial charge in [-0.3, -0.25) is 14.5 Å². The minimum absolute atomic E-state index is 0.0307. The second-order valence-corrected chi connectivity index (χ2v) is 5.41. The summed E-state index contributed by atoms with van der Waals surface area (Å²) in [4.78, 5) is 25.0. The molecule has 0 saturated carbocycles. The van der Waals surface area contributed by atoms with Gasteiger partial charge in [-0.05, 0) is 11.1 Å². The van der Waals surface area contributed by atoms with Crippen LogP contribution in [0.3, 0.4) is 0 Å². The first kappa shape index (κ1) is 16.9. The van der Waals surface area contributed by atoms with Gasteiger partial charge >= 0.3 is 5.97 Å². The highest BCUT2D eigenvalue weighted by molar-refractivity contribution is 5.81. The molecular formula is C19H21NO3. The standard InChI is InChI=1S/C19H21NO3/c1-2-17(21)13-20(14-18(22)23)19(15-9-5-3-6-10-15)16-11-7-4-8-12-16/h3-12,19H,2,13-14H2,1H3,(H,22,23). The van der Waals surface area contributed by atoms with Crippen LogP contribution in [0.1, 0.15) is 30.5 Å². The molecule has 0 radical (unpaired) electrons. The minimum atomic E-state index is -0.939. The molecule has 1 N–H and O–H groups in total. The van der Waals surface area contributed by atoms with Gasteiger partial charge in [-0.15, -0.1) is 0 Å². The number of carbonyl (C=O) groups excluding carboxylic acids is 1. The van der Waals surface area contributed by atoms with Crippen LogP contribution in [0.15, 0.2) is 60.7 Å². The van der Waals surface area contributed by atoms with E-state index in [0.29, 0.717) is 6.42 Å². The molecule has 0 spiro atoms. The smallest absolute Gasteiger partial charge is 0.317 e. The number of nitrogens with zero attached hydrogens (tertiary/aromatic N) is 1. The lowest BCUT2D eigenvalue weighted by Crippen LogP contribution is -2.38. The Morgan fingerprint density at radius 3 is 1.78 bits per heavy atom. The molecule has 0 aliphatic heterocycles. The van der Waals surface area contributed by atoms with Crippen molar-refractivity contribution >= 4 is 11.8 Å². The van der Waals surface area contributed by atoms with Crippen LogP contribution in [0.4, 0.5) is 0 Å². The summed E-state index contributed by atoms with van der Waals surface area (Å²) in [6, 6.07) is 19.1. The van der Waals surface area contributed by atoms with Crippen LogP contribution < -0.4 is 0 Å². The number of carboxylic acids is 1. The molecule has 0 aliphatic rings. The van der Waals surface area contributed by atoms with E-state index in [1.54, 1.807) is 11.8 Å². The normalized spacial score (nSPS) is 10.9. The molecule has 0 saturated heterocycles. The van der Waals surface area contributed by atoms with Crippen LogP contribution in [0.25, 0.3) is 0 Å². The monoisotopic (exact) mass is 311 g/mol. The predicted molar refractivity (Wildman–Crippen MR) is 89.2 cm³/mol. The van der Waals surface area contributed by atoms with Crippen molar-refractivity contribution in [3.63, 3.8) is 0 Å². The van der Waals surface area contributed by atoms with Gasteiger partial charge in [0.05, 0.1) is 19.1 Å². The van der Waals surface area contributed by atoms with Crippen LogP contribution >= 0.6 is 0 Å². The highest BCUT2D eigenvalue weighted by Gasteiger charge is 2.25. The predicted octanol–water partition coefficient (Wildman–Crippen LogP) is 3.14. The Balaban J connectivity index is 2.44. The van der Waals surface area contributed by atoms with Crippen molar-refractivity contribution in [1.29, 1.82) is 0 Å². The molecule has 0 fully saturated rings. The quantitative estimate of drug-likeness (QED) is 0.813. The summed E-state index contributed by atoms with van der Waals surface area (Å²) in [6.07, 6.45) is 0.395. The fourth-order valence-corrected chi connectivity index (χ4v) is 2.64. The summed E-state index contributed by atoms with van der Waals surface area (Å²) in [5, 5.41) is 9.26. The van der Waals surface area contributed by atoms with Gasteiger partial charge in [0, 0.05) is 6.42 Å². The molecule has 2 rings (SSSR count). The maximum atomic E-state index is 11.9. The van der Waals surface area contributed by atoms with E-state index < -0.39 is 5.97 Å². The van der Waals surface area contributed by atoms with E-state index >= 15 is 0 Å². The third kappa shape index (κ3) is 4.76. The Labute approximate surface area is 136 Å².